The molecule has 3 aromatic rings. The standard InChI is InChI=1S/C19H17NO4/c1-13(20-18(21)17-10-5-11-23-17)19(22)24-12-15-8-4-7-14-6-2-3-9-16(14)15/h2-11,13H,12H2,1H3,(H,20,21)/t13-/m0/s1. The molecule has 0 radical (unpaired) electrons. The van der Waals surface area contributed by atoms with Gasteiger partial charge in [0.05, 0.1) is 6.26 Å². The van der Waals surface area contributed by atoms with Crippen molar-refractivity contribution < 1.29 is 18.7 Å². The van der Waals surface area contributed by atoms with Crippen molar-refractivity contribution in [1.29, 1.82) is 0 Å². The molecule has 0 fully saturated rings. The molecule has 5 heteroatoms. The number of fused-ring (bicyclic) bond motifs is 1. The van der Waals surface area contributed by atoms with Crippen molar-refractivity contribution in [3.63, 3.8) is 0 Å². The van der Waals surface area contributed by atoms with Crippen LogP contribution in [0.3, 0.4) is 0 Å². The lowest BCUT2D eigenvalue weighted by Gasteiger charge is -2.13. The van der Waals surface area contributed by atoms with Gasteiger partial charge in [-0.1, -0.05) is 42.5 Å². The summed E-state index contributed by atoms with van der Waals surface area (Å²) in [6.45, 7) is 1.73. The molecule has 1 N–H and O–H groups in total. The Bertz CT molecular complexity index is 849. The highest BCUT2D eigenvalue weighted by atomic mass is 16.5. The van der Waals surface area contributed by atoms with Crippen LogP contribution < -0.4 is 5.32 Å². The Balaban J connectivity index is 1.61. The van der Waals surface area contributed by atoms with E-state index in [1.165, 1.54) is 12.3 Å². The molecule has 3 rings (SSSR count). The van der Waals surface area contributed by atoms with Gasteiger partial charge in [-0.2, -0.15) is 0 Å². The molecule has 2 aromatic carbocycles. The first-order chi connectivity index (χ1) is 11.6. The molecule has 0 aliphatic heterocycles. The smallest absolute Gasteiger partial charge is 0.328 e. The Morgan fingerprint density at radius 1 is 1.08 bits per heavy atom. The molecule has 0 saturated carbocycles. The summed E-state index contributed by atoms with van der Waals surface area (Å²) in [5, 5.41) is 4.68. The van der Waals surface area contributed by atoms with Crippen molar-refractivity contribution in [2.75, 3.05) is 0 Å². The van der Waals surface area contributed by atoms with Gasteiger partial charge in [0.1, 0.15) is 12.6 Å². The topological polar surface area (TPSA) is 68.5 Å². The molecule has 0 saturated heterocycles. The normalized spacial score (nSPS) is 11.9. The zero-order valence-corrected chi connectivity index (χ0v) is 13.2. The molecule has 1 heterocycles. The van der Waals surface area contributed by atoms with Gasteiger partial charge in [0.25, 0.3) is 5.91 Å². The summed E-state index contributed by atoms with van der Waals surface area (Å²) < 4.78 is 10.3. The van der Waals surface area contributed by atoms with Gasteiger partial charge in [0, 0.05) is 0 Å². The van der Waals surface area contributed by atoms with Crippen LogP contribution in [0, 0.1) is 0 Å². The van der Waals surface area contributed by atoms with E-state index in [0.29, 0.717) is 0 Å². The predicted molar refractivity (Wildman–Crippen MR) is 89.4 cm³/mol. The molecule has 0 unspecified atom stereocenters. The molecule has 0 spiro atoms. The van der Waals surface area contributed by atoms with Gasteiger partial charge in [-0.3, -0.25) is 4.79 Å². The van der Waals surface area contributed by atoms with Crippen LogP contribution in [0.5, 0.6) is 0 Å². The van der Waals surface area contributed by atoms with E-state index in [4.69, 9.17) is 9.15 Å². The molecule has 0 aliphatic carbocycles. The number of furan rings is 1. The summed E-state index contributed by atoms with van der Waals surface area (Å²) in [5.41, 5.74) is 0.922. The van der Waals surface area contributed by atoms with Gasteiger partial charge in [-0.25, -0.2) is 4.79 Å². The average molecular weight is 323 g/mol. The number of carbonyl (C=O) groups is 2. The minimum atomic E-state index is -0.766. The molecule has 1 aromatic heterocycles. The van der Waals surface area contributed by atoms with Crippen LogP contribution in [-0.2, 0) is 16.1 Å². The first-order valence-corrected chi connectivity index (χ1v) is 7.63. The Morgan fingerprint density at radius 3 is 2.67 bits per heavy atom. The summed E-state index contributed by atoms with van der Waals surface area (Å²) in [7, 11) is 0. The molecular formula is C19H17NO4. The molecular weight excluding hydrogens is 306 g/mol. The van der Waals surface area contributed by atoms with Crippen molar-refractivity contribution in [2.45, 2.75) is 19.6 Å². The molecule has 122 valence electrons. The number of hydrogen-bond donors (Lipinski definition) is 1. The largest absolute Gasteiger partial charge is 0.459 e. The average Bonchev–Trinajstić information content (AvgIpc) is 3.14. The quantitative estimate of drug-likeness (QED) is 0.732. The van der Waals surface area contributed by atoms with Gasteiger partial charge in [0.15, 0.2) is 5.76 Å². The Kier molecular flexibility index (Phi) is 4.61. The van der Waals surface area contributed by atoms with Gasteiger partial charge >= 0.3 is 5.97 Å². The van der Waals surface area contributed by atoms with Crippen molar-refractivity contribution in [1.82, 2.24) is 5.32 Å². The van der Waals surface area contributed by atoms with Crippen LogP contribution in [0.4, 0.5) is 0 Å². The maximum absolute atomic E-state index is 12.1. The molecule has 5 nitrogen and oxygen atoms in total. The van der Waals surface area contributed by atoms with E-state index >= 15 is 0 Å². The highest BCUT2D eigenvalue weighted by Crippen LogP contribution is 2.19. The van der Waals surface area contributed by atoms with E-state index in [1.54, 1.807) is 13.0 Å². The minimum Gasteiger partial charge on any atom is -0.459 e. The number of nitrogens with one attached hydrogen (secondary N) is 1. The predicted octanol–water partition coefficient (Wildman–Crippen LogP) is 3.29. The number of rotatable bonds is 5. The van der Waals surface area contributed by atoms with Crippen LogP contribution in [0.1, 0.15) is 23.0 Å². The fraction of sp³-hybridized carbons (Fsp3) is 0.158. The number of ether oxygens (including phenoxy) is 1. The maximum Gasteiger partial charge on any atom is 0.328 e. The van der Waals surface area contributed by atoms with Gasteiger partial charge < -0.3 is 14.5 Å². The number of amides is 1. The number of benzene rings is 2. The zero-order valence-electron chi connectivity index (χ0n) is 13.2. The molecule has 24 heavy (non-hydrogen) atoms. The SMILES string of the molecule is C[C@H](NC(=O)c1ccco1)C(=O)OCc1cccc2ccccc12. The fourth-order valence-corrected chi connectivity index (χ4v) is 2.43. The second kappa shape index (κ2) is 7.00. The van der Waals surface area contributed by atoms with Gasteiger partial charge in [0.2, 0.25) is 0 Å². The van der Waals surface area contributed by atoms with E-state index in [1.807, 2.05) is 42.5 Å². The highest BCUT2D eigenvalue weighted by molar-refractivity contribution is 5.94. The third-order valence-electron chi connectivity index (χ3n) is 3.70. The van der Waals surface area contributed by atoms with Gasteiger partial charge in [-0.05, 0) is 35.4 Å². The van der Waals surface area contributed by atoms with Crippen LogP contribution in [0.15, 0.2) is 65.3 Å². The number of carbonyl (C=O) groups excluding carboxylic acids is 2. The van der Waals surface area contributed by atoms with Crippen molar-refractivity contribution in [2.24, 2.45) is 0 Å². The van der Waals surface area contributed by atoms with E-state index < -0.39 is 17.9 Å². The summed E-state index contributed by atoms with van der Waals surface area (Å²) in [5.74, 6) is -0.791. The maximum atomic E-state index is 12.1. The van der Waals surface area contributed by atoms with Gasteiger partial charge in [-0.15, -0.1) is 0 Å². The first-order valence-electron chi connectivity index (χ1n) is 7.63. The lowest BCUT2D eigenvalue weighted by molar-refractivity contribution is -0.146. The van der Waals surface area contributed by atoms with Crippen LogP contribution in [0.25, 0.3) is 10.8 Å². The lowest BCUT2D eigenvalue weighted by Crippen LogP contribution is -2.39. The third-order valence-corrected chi connectivity index (χ3v) is 3.70. The third kappa shape index (κ3) is 3.46. The highest BCUT2D eigenvalue weighted by Gasteiger charge is 2.19. The zero-order chi connectivity index (χ0) is 16.9. The minimum absolute atomic E-state index is 0.154. The van der Waals surface area contributed by atoms with E-state index in [0.717, 1.165) is 16.3 Å². The van der Waals surface area contributed by atoms with E-state index in [9.17, 15) is 9.59 Å². The molecule has 0 bridgehead atoms. The lowest BCUT2D eigenvalue weighted by atomic mass is 10.1. The van der Waals surface area contributed by atoms with Crippen LogP contribution >= 0.6 is 0 Å². The summed E-state index contributed by atoms with van der Waals surface area (Å²) in [4.78, 5) is 23.9. The van der Waals surface area contributed by atoms with Crippen LogP contribution in [-0.4, -0.2) is 17.9 Å². The summed E-state index contributed by atoms with van der Waals surface area (Å²) in [6, 6.07) is 16.1. The second-order valence-electron chi connectivity index (χ2n) is 5.42. The van der Waals surface area contributed by atoms with Crippen molar-refractivity contribution in [3.8, 4) is 0 Å². The Labute approximate surface area is 139 Å². The molecule has 1 amide bonds. The second-order valence-corrected chi connectivity index (χ2v) is 5.42. The fourth-order valence-electron chi connectivity index (χ4n) is 2.43. The summed E-state index contributed by atoms with van der Waals surface area (Å²) >= 11 is 0. The first kappa shape index (κ1) is 15.8. The Morgan fingerprint density at radius 2 is 1.88 bits per heavy atom. The van der Waals surface area contributed by atoms with Crippen molar-refractivity contribution in [3.05, 3.63) is 72.2 Å². The summed E-state index contributed by atoms with van der Waals surface area (Å²) in [6.07, 6.45) is 1.40. The van der Waals surface area contributed by atoms with Crippen LogP contribution in [0.2, 0.25) is 0 Å². The monoisotopic (exact) mass is 323 g/mol. The Hall–Kier alpha value is -3.08. The molecule has 1 atom stereocenters. The van der Waals surface area contributed by atoms with E-state index in [2.05, 4.69) is 5.32 Å². The van der Waals surface area contributed by atoms with Crippen molar-refractivity contribution >= 4 is 22.6 Å². The number of hydrogen-bond acceptors (Lipinski definition) is 4. The molecule has 0 aliphatic rings. The number of esters is 1. The van der Waals surface area contributed by atoms with E-state index in [-0.39, 0.29) is 12.4 Å².